The lowest BCUT2D eigenvalue weighted by atomic mass is 9.81. The van der Waals surface area contributed by atoms with Crippen molar-refractivity contribution in [2.75, 3.05) is 7.11 Å². The third kappa shape index (κ3) is 1.42. The van der Waals surface area contributed by atoms with Gasteiger partial charge in [-0.3, -0.25) is 0 Å². The van der Waals surface area contributed by atoms with E-state index >= 15 is 0 Å². The van der Waals surface area contributed by atoms with Crippen LogP contribution >= 0.6 is 0 Å². The van der Waals surface area contributed by atoms with Gasteiger partial charge in [-0.05, 0) is 20.8 Å². The number of hydrogen-bond acceptors (Lipinski definition) is 2. The molecular weight excluding hydrogens is 164 g/mol. The maximum absolute atomic E-state index is 5.98. The van der Waals surface area contributed by atoms with Crippen LogP contribution in [0.5, 0.6) is 0 Å². The highest BCUT2D eigenvalue weighted by Gasteiger charge is 2.51. The van der Waals surface area contributed by atoms with E-state index in [1.54, 1.807) is 7.11 Å². The van der Waals surface area contributed by atoms with Crippen molar-refractivity contribution in [2.45, 2.75) is 50.4 Å². The second kappa shape index (κ2) is 2.37. The molecule has 2 heterocycles. The minimum Gasteiger partial charge on any atom is -0.378 e. The maximum atomic E-state index is 5.98. The second-order valence-electron chi connectivity index (χ2n) is 5.07. The summed E-state index contributed by atoms with van der Waals surface area (Å²) in [7, 11) is 1.79. The summed E-state index contributed by atoms with van der Waals surface area (Å²) in [6.07, 6.45) is 6.25. The first kappa shape index (κ1) is 9.22. The molecule has 2 aliphatic heterocycles. The standard InChI is InChI=1S/C11H18O2/c1-9-5-6-10(2,13-9)8-11(3,7-9)12-4/h5-6H,7-8H2,1-4H3/t9-,10+,11?. The average Bonchev–Trinajstić information content (AvgIpc) is 2.21. The lowest BCUT2D eigenvalue weighted by Gasteiger charge is -2.46. The summed E-state index contributed by atoms with van der Waals surface area (Å²) in [5, 5.41) is 0. The van der Waals surface area contributed by atoms with E-state index in [4.69, 9.17) is 9.47 Å². The molecule has 74 valence electrons. The lowest BCUT2D eigenvalue weighted by molar-refractivity contribution is -0.186. The van der Waals surface area contributed by atoms with Crippen LogP contribution in [-0.2, 0) is 9.47 Å². The molecular formula is C11H18O2. The molecule has 0 radical (unpaired) electrons. The van der Waals surface area contributed by atoms with Crippen molar-refractivity contribution < 1.29 is 9.47 Å². The van der Waals surface area contributed by atoms with Crippen LogP contribution in [0.1, 0.15) is 33.6 Å². The van der Waals surface area contributed by atoms with Crippen LogP contribution in [0.2, 0.25) is 0 Å². The fourth-order valence-electron chi connectivity index (χ4n) is 2.84. The Morgan fingerprint density at radius 1 is 1.08 bits per heavy atom. The van der Waals surface area contributed by atoms with Crippen molar-refractivity contribution in [1.29, 1.82) is 0 Å². The molecule has 2 heteroatoms. The van der Waals surface area contributed by atoms with Gasteiger partial charge in [0.1, 0.15) is 0 Å². The van der Waals surface area contributed by atoms with E-state index in [2.05, 4.69) is 32.9 Å². The Hall–Kier alpha value is -0.340. The van der Waals surface area contributed by atoms with Crippen LogP contribution in [0.3, 0.4) is 0 Å². The molecule has 0 aliphatic carbocycles. The number of hydrogen-bond donors (Lipinski definition) is 0. The predicted molar refractivity (Wildman–Crippen MR) is 51.7 cm³/mol. The molecule has 2 bridgehead atoms. The Balaban J connectivity index is 2.29. The Morgan fingerprint density at radius 3 is 1.92 bits per heavy atom. The average molecular weight is 182 g/mol. The van der Waals surface area contributed by atoms with E-state index in [0.29, 0.717) is 0 Å². The molecule has 1 unspecified atom stereocenters. The van der Waals surface area contributed by atoms with Gasteiger partial charge in [0.2, 0.25) is 0 Å². The Bertz CT molecular complexity index is 239. The van der Waals surface area contributed by atoms with Gasteiger partial charge in [-0.1, -0.05) is 12.2 Å². The SMILES string of the molecule is COC1(C)C[C@]2(C)C=C[C@](C)(C1)O2. The molecule has 3 atom stereocenters. The zero-order valence-electron chi connectivity index (χ0n) is 8.89. The number of fused-ring (bicyclic) bond motifs is 2. The van der Waals surface area contributed by atoms with E-state index < -0.39 is 0 Å². The molecule has 0 aromatic rings. The van der Waals surface area contributed by atoms with Gasteiger partial charge < -0.3 is 9.47 Å². The second-order valence-corrected chi connectivity index (χ2v) is 5.07. The van der Waals surface area contributed by atoms with E-state index in [1.165, 1.54) is 0 Å². The largest absolute Gasteiger partial charge is 0.378 e. The zero-order chi connectivity index (χ0) is 9.74. The minimum atomic E-state index is -0.113. The third-order valence-corrected chi connectivity index (χ3v) is 3.20. The fourth-order valence-corrected chi connectivity index (χ4v) is 2.84. The summed E-state index contributed by atoms with van der Waals surface area (Å²) in [6.45, 7) is 6.43. The summed E-state index contributed by atoms with van der Waals surface area (Å²) < 4.78 is 11.5. The molecule has 0 aromatic carbocycles. The summed E-state index contributed by atoms with van der Waals surface area (Å²) in [5.74, 6) is 0. The molecule has 2 rings (SSSR count). The van der Waals surface area contributed by atoms with Gasteiger partial charge in [-0.2, -0.15) is 0 Å². The van der Waals surface area contributed by atoms with E-state index in [9.17, 15) is 0 Å². The van der Waals surface area contributed by atoms with Crippen LogP contribution in [-0.4, -0.2) is 23.9 Å². The van der Waals surface area contributed by atoms with Gasteiger partial charge in [-0.25, -0.2) is 0 Å². The van der Waals surface area contributed by atoms with Gasteiger partial charge >= 0.3 is 0 Å². The van der Waals surface area contributed by atoms with Gasteiger partial charge in [0.05, 0.1) is 16.8 Å². The van der Waals surface area contributed by atoms with Crippen LogP contribution in [0.15, 0.2) is 12.2 Å². The van der Waals surface area contributed by atoms with Crippen molar-refractivity contribution in [3.63, 3.8) is 0 Å². The molecule has 0 spiro atoms. The molecule has 0 N–H and O–H groups in total. The van der Waals surface area contributed by atoms with E-state index in [-0.39, 0.29) is 16.8 Å². The van der Waals surface area contributed by atoms with Crippen molar-refractivity contribution >= 4 is 0 Å². The van der Waals surface area contributed by atoms with Crippen LogP contribution in [0.25, 0.3) is 0 Å². The van der Waals surface area contributed by atoms with E-state index in [1.807, 2.05) is 0 Å². The third-order valence-electron chi connectivity index (χ3n) is 3.20. The molecule has 2 nitrogen and oxygen atoms in total. The Labute approximate surface area is 79.9 Å². The first-order valence-electron chi connectivity index (χ1n) is 4.85. The molecule has 1 saturated heterocycles. The van der Waals surface area contributed by atoms with Crippen molar-refractivity contribution in [3.05, 3.63) is 12.2 Å². The lowest BCUT2D eigenvalue weighted by Crippen LogP contribution is -2.50. The van der Waals surface area contributed by atoms with Gasteiger partial charge in [0.15, 0.2) is 0 Å². The first-order valence-corrected chi connectivity index (χ1v) is 4.85. The monoisotopic (exact) mass is 182 g/mol. The number of rotatable bonds is 1. The Kier molecular flexibility index (Phi) is 1.68. The van der Waals surface area contributed by atoms with Gasteiger partial charge in [-0.15, -0.1) is 0 Å². The highest BCUT2D eigenvalue weighted by atomic mass is 16.5. The molecule has 0 saturated carbocycles. The summed E-state index contributed by atoms with van der Waals surface area (Å²) in [6, 6.07) is 0. The quantitative estimate of drug-likeness (QED) is 0.579. The van der Waals surface area contributed by atoms with Gasteiger partial charge in [0, 0.05) is 20.0 Å². The zero-order valence-corrected chi connectivity index (χ0v) is 8.89. The van der Waals surface area contributed by atoms with Crippen LogP contribution < -0.4 is 0 Å². The van der Waals surface area contributed by atoms with Crippen LogP contribution in [0.4, 0.5) is 0 Å². The van der Waals surface area contributed by atoms with Crippen molar-refractivity contribution in [2.24, 2.45) is 0 Å². The molecule has 1 fully saturated rings. The number of methoxy groups -OCH3 is 1. The topological polar surface area (TPSA) is 18.5 Å². The predicted octanol–water partition coefficient (Wildman–Crippen LogP) is 2.29. The maximum Gasteiger partial charge on any atom is 0.0874 e. The minimum absolute atomic E-state index is 0.0365. The highest BCUT2D eigenvalue weighted by molar-refractivity contribution is 5.22. The number of ether oxygens (including phenoxy) is 2. The molecule has 0 aromatic heterocycles. The van der Waals surface area contributed by atoms with Crippen molar-refractivity contribution in [1.82, 2.24) is 0 Å². The Morgan fingerprint density at radius 2 is 1.54 bits per heavy atom. The van der Waals surface area contributed by atoms with Crippen LogP contribution in [0, 0.1) is 0 Å². The molecule has 2 aliphatic rings. The molecule has 13 heavy (non-hydrogen) atoms. The van der Waals surface area contributed by atoms with Gasteiger partial charge in [0.25, 0.3) is 0 Å². The molecule has 0 amide bonds. The van der Waals surface area contributed by atoms with Crippen molar-refractivity contribution in [3.8, 4) is 0 Å². The highest BCUT2D eigenvalue weighted by Crippen LogP contribution is 2.48. The first-order chi connectivity index (χ1) is 5.89. The fraction of sp³-hybridized carbons (Fsp3) is 0.818. The van der Waals surface area contributed by atoms with E-state index in [0.717, 1.165) is 12.8 Å². The normalized spacial score (nSPS) is 54.2. The summed E-state index contributed by atoms with van der Waals surface area (Å²) in [4.78, 5) is 0. The smallest absolute Gasteiger partial charge is 0.0874 e. The summed E-state index contributed by atoms with van der Waals surface area (Å²) in [5.41, 5.74) is -0.263. The summed E-state index contributed by atoms with van der Waals surface area (Å²) >= 11 is 0.